The fourth-order valence-electron chi connectivity index (χ4n) is 2.71. The normalized spacial score (nSPS) is 12.3. The first-order valence-electron chi connectivity index (χ1n) is 7.83. The first-order valence-corrected chi connectivity index (χ1v) is 7.83. The van der Waals surface area contributed by atoms with Crippen molar-refractivity contribution < 1.29 is 4.79 Å². The highest BCUT2D eigenvalue weighted by Crippen LogP contribution is 2.13. The highest BCUT2D eigenvalue weighted by atomic mass is 16.2. The number of nitrogens with one attached hydrogen (secondary N) is 1. The van der Waals surface area contributed by atoms with Crippen LogP contribution in [0.3, 0.4) is 0 Å². The van der Waals surface area contributed by atoms with E-state index in [-0.39, 0.29) is 24.1 Å². The molecular formula is C18H20N4O2. The Balaban J connectivity index is 1.75. The summed E-state index contributed by atoms with van der Waals surface area (Å²) in [7, 11) is 1.80. The molecule has 0 aliphatic heterocycles. The van der Waals surface area contributed by atoms with Crippen LogP contribution in [-0.2, 0) is 18.4 Å². The van der Waals surface area contributed by atoms with Crippen LogP contribution in [0.2, 0.25) is 0 Å². The van der Waals surface area contributed by atoms with Gasteiger partial charge in [-0.3, -0.25) is 9.59 Å². The fourth-order valence-corrected chi connectivity index (χ4v) is 2.71. The summed E-state index contributed by atoms with van der Waals surface area (Å²) in [4.78, 5) is 24.7. The summed E-state index contributed by atoms with van der Waals surface area (Å²) in [6.07, 6.45) is 3.41. The van der Waals surface area contributed by atoms with E-state index in [1.165, 1.54) is 10.2 Å². The van der Waals surface area contributed by atoms with Crippen LogP contribution in [0.1, 0.15) is 24.1 Å². The van der Waals surface area contributed by atoms with E-state index in [0.29, 0.717) is 5.52 Å². The van der Waals surface area contributed by atoms with E-state index in [9.17, 15) is 9.59 Å². The minimum absolute atomic E-state index is 0.101. The molecule has 2 heterocycles. The SMILES string of the molecule is Cc1ccc(C(C)NC(=O)Cn2ncc3ccn(C)c3c2=O)cc1. The summed E-state index contributed by atoms with van der Waals surface area (Å²) in [6.45, 7) is 3.83. The fraction of sp³-hybridized carbons (Fsp3) is 0.278. The van der Waals surface area contributed by atoms with Gasteiger partial charge in [0.15, 0.2) is 0 Å². The molecule has 0 aliphatic carbocycles. The number of carbonyl (C=O) groups excluding carboxylic acids is 1. The maximum atomic E-state index is 12.4. The number of rotatable bonds is 4. The van der Waals surface area contributed by atoms with Gasteiger partial charge in [-0.25, -0.2) is 4.68 Å². The van der Waals surface area contributed by atoms with Crippen LogP contribution in [0.25, 0.3) is 10.9 Å². The van der Waals surface area contributed by atoms with Crippen molar-refractivity contribution in [2.24, 2.45) is 7.05 Å². The smallest absolute Gasteiger partial charge is 0.291 e. The van der Waals surface area contributed by atoms with E-state index >= 15 is 0 Å². The van der Waals surface area contributed by atoms with Crippen LogP contribution in [0.15, 0.2) is 47.5 Å². The quantitative estimate of drug-likeness (QED) is 0.797. The van der Waals surface area contributed by atoms with Crippen molar-refractivity contribution in [1.29, 1.82) is 0 Å². The van der Waals surface area contributed by atoms with Crippen LogP contribution in [-0.4, -0.2) is 20.3 Å². The number of carbonyl (C=O) groups is 1. The summed E-state index contributed by atoms with van der Waals surface area (Å²) in [5, 5.41) is 7.75. The Morgan fingerprint density at radius 2 is 1.96 bits per heavy atom. The molecule has 0 saturated heterocycles. The predicted octanol–water partition coefficient (Wildman–Crippen LogP) is 1.92. The molecule has 0 saturated carbocycles. The molecule has 1 atom stereocenters. The molecule has 6 nitrogen and oxygen atoms in total. The summed E-state index contributed by atoms with van der Waals surface area (Å²) < 4.78 is 2.93. The molecule has 1 unspecified atom stereocenters. The van der Waals surface area contributed by atoms with Gasteiger partial charge in [0.2, 0.25) is 5.91 Å². The van der Waals surface area contributed by atoms with Gasteiger partial charge in [-0.15, -0.1) is 0 Å². The van der Waals surface area contributed by atoms with E-state index in [4.69, 9.17) is 0 Å². The molecule has 6 heteroatoms. The van der Waals surface area contributed by atoms with Gasteiger partial charge in [0.25, 0.3) is 5.56 Å². The number of amides is 1. The Morgan fingerprint density at radius 3 is 2.67 bits per heavy atom. The molecule has 3 rings (SSSR count). The van der Waals surface area contributed by atoms with E-state index in [0.717, 1.165) is 10.9 Å². The van der Waals surface area contributed by atoms with Crippen molar-refractivity contribution in [3.63, 3.8) is 0 Å². The van der Waals surface area contributed by atoms with E-state index in [2.05, 4.69) is 10.4 Å². The summed E-state index contributed by atoms with van der Waals surface area (Å²) in [6, 6.07) is 9.68. The van der Waals surface area contributed by atoms with Crippen molar-refractivity contribution in [1.82, 2.24) is 19.7 Å². The van der Waals surface area contributed by atoms with Gasteiger partial charge < -0.3 is 9.88 Å². The molecule has 0 aliphatic rings. The van der Waals surface area contributed by atoms with Crippen molar-refractivity contribution in [2.75, 3.05) is 0 Å². The van der Waals surface area contributed by atoms with Crippen molar-refractivity contribution in [3.05, 3.63) is 64.2 Å². The topological polar surface area (TPSA) is 68.9 Å². The molecular weight excluding hydrogens is 304 g/mol. The predicted molar refractivity (Wildman–Crippen MR) is 92.7 cm³/mol. The Morgan fingerprint density at radius 1 is 1.25 bits per heavy atom. The highest BCUT2D eigenvalue weighted by molar-refractivity contribution is 5.79. The number of aryl methyl sites for hydroxylation is 2. The lowest BCUT2D eigenvalue weighted by atomic mass is 10.1. The summed E-state index contributed by atoms with van der Waals surface area (Å²) >= 11 is 0. The van der Waals surface area contributed by atoms with Gasteiger partial charge in [0, 0.05) is 18.6 Å². The minimum atomic E-state index is -0.266. The minimum Gasteiger partial charge on any atom is -0.348 e. The van der Waals surface area contributed by atoms with E-state index in [1.807, 2.05) is 44.2 Å². The standard InChI is InChI=1S/C18H20N4O2/c1-12-4-6-14(7-5-12)13(2)20-16(23)11-22-18(24)17-15(10-19-22)8-9-21(17)3/h4-10,13H,11H2,1-3H3,(H,20,23). The lowest BCUT2D eigenvalue weighted by Crippen LogP contribution is -2.35. The molecule has 2 aromatic heterocycles. The third kappa shape index (κ3) is 3.08. The molecule has 24 heavy (non-hydrogen) atoms. The molecule has 0 fully saturated rings. The second-order valence-corrected chi connectivity index (χ2v) is 6.04. The van der Waals surface area contributed by atoms with Crippen LogP contribution < -0.4 is 10.9 Å². The zero-order valence-electron chi connectivity index (χ0n) is 14.0. The molecule has 1 N–H and O–H groups in total. The van der Waals surface area contributed by atoms with Crippen molar-refractivity contribution in [3.8, 4) is 0 Å². The molecule has 3 aromatic rings. The lowest BCUT2D eigenvalue weighted by molar-refractivity contribution is -0.122. The molecule has 0 radical (unpaired) electrons. The number of benzene rings is 1. The van der Waals surface area contributed by atoms with Crippen LogP contribution in [0.4, 0.5) is 0 Å². The Hall–Kier alpha value is -2.89. The number of aromatic nitrogens is 3. The number of nitrogens with zero attached hydrogens (tertiary/aromatic N) is 3. The largest absolute Gasteiger partial charge is 0.348 e. The molecule has 0 spiro atoms. The summed E-state index contributed by atoms with van der Waals surface area (Å²) in [5.74, 6) is -0.244. The maximum absolute atomic E-state index is 12.4. The third-order valence-corrected chi connectivity index (χ3v) is 4.13. The Bertz CT molecular complexity index is 938. The van der Waals surface area contributed by atoms with E-state index < -0.39 is 0 Å². The van der Waals surface area contributed by atoms with Crippen LogP contribution in [0, 0.1) is 6.92 Å². The zero-order valence-corrected chi connectivity index (χ0v) is 14.0. The Kier molecular flexibility index (Phi) is 4.20. The first kappa shape index (κ1) is 16.0. The second-order valence-electron chi connectivity index (χ2n) is 6.04. The lowest BCUT2D eigenvalue weighted by Gasteiger charge is -2.15. The molecule has 0 bridgehead atoms. The van der Waals surface area contributed by atoms with Gasteiger partial charge in [-0.05, 0) is 25.5 Å². The number of hydrogen-bond acceptors (Lipinski definition) is 3. The van der Waals surface area contributed by atoms with Crippen LogP contribution >= 0.6 is 0 Å². The highest BCUT2D eigenvalue weighted by Gasteiger charge is 2.13. The molecule has 1 amide bonds. The van der Waals surface area contributed by atoms with Gasteiger partial charge in [-0.1, -0.05) is 29.8 Å². The molecule has 1 aromatic carbocycles. The van der Waals surface area contributed by atoms with Gasteiger partial charge in [-0.2, -0.15) is 5.10 Å². The Labute approximate surface area is 139 Å². The monoisotopic (exact) mass is 324 g/mol. The van der Waals surface area contributed by atoms with Crippen LogP contribution in [0.5, 0.6) is 0 Å². The summed E-state index contributed by atoms with van der Waals surface area (Å²) in [5.41, 5.74) is 2.47. The van der Waals surface area contributed by atoms with Gasteiger partial charge in [0.1, 0.15) is 12.1 Å². The van der Waals surface area contributed by atoms with Crippen molar-refractivity contribution >= 4 is 16.8 Å². The van der Waals surface area contributed by atoms with E-state index in [1.54, 1.807) is 24.0 Å². The third-order valence-electron chi connectivity index (χ3n) is 4.13. The van der Waals surface area contributed by atoms with Gasteiger partial charge in [0.05, 0.1) is 12.2 Å². The maximum Gasteiger partial charge on any atom is 0.291 e. The number of fused-ring (bicyclic) bond motifs is 1. The second kappa shape index (κ2) is 6.31. The van der Waals surface area contributed by atoms with Gasteiger partial charge >= 0.3 is 0 Å². The number of hydrogen-bond donors (Lipinski definition) is 1. The average Bonchev–Trinajstić information content (AvgIpc) is 2.92. The average molecular weight is 324 g/mol. The molecule has 124 valence electrons. The zero-order chi connectivity index (χ0) is 17.3. The van der Waals surface area contributed by atoms with Crippen molar-refractivity contribution in [2.45, 2.75) is 26.4 Å². The first-order chi connectivity index (χ1) is 11.5.